The summed E-state index contributed by atoms with van der Waals surface area (Å²) in [5.41, 5.74) is 5.96. The van der Waals surface area contributed by atoms with Crippen molar-refractivity contribution in [3.8, 4) is 17.2 Å². The highest BCUT2D eigenvalue weighted by atomic mass is 32.1. The summed E-state index contributed by atoms with van der Waals surface area (Å²) in [6.07, 6.45) is 2.09. The summed E-state index contributed by atoms with van der Waals surface area (Å²) in [5.74, 6) is 1.43. The van der Waals surface area contributed by atoms with E-state index in [9.17, 15) is 4.79 Å². The summed E-state index contributed by atoms with van der Waals surface area (Å²) in [4.78, 5) is 19.6. The van der Waals surface area contributed by atoms with E-state index in [4.69, 9.17) is 21.7 Å². The second kappa shape index (κ2) is 10.4. The second-order valence-electron chi connectivity index (χ2n) is 9.68. The van der Waals surface area contributed by atoms with Crippen LogP contribution in [0.3, 0.4) is 0 Å². The third-order valence-corrected chi connectivity index (χ3v) is 7.59. The number of benzene rings is 2. The van der Waals surface area contributed by atoms with Gasteiger partial charge in [-0.25, -0.2) is 0 Å². The molecule has 0 bridgehead atoms. The molecule has 2 aromatic heterocycles. The lowest BCUT2D eigenvalue weighted by molar-refractivity contribution is -0.116. The summed E-state index contributed by atoms with van der Waals surface area (Å²) in [6, 6.07) is 23.3. The molecule has 1 fully saturated rings. The number of fused-ring (bicyclic) bond motifs is 1. The normalized spacial score (nSPS) is 17.8. The minimum absolute atomic E-state index is 0.0603. The van der Waals surface area contributed by atoms with Gasteiger partial charge in [0.1, 0.15) is 0 Å². The number of hydrogen-bond donors (Lipinski definition) is 2. The van der Waals surface area contributed by atoms with Gasteiger partial charge in [-0.1, -0.05) is 24.3 Å². The first-order valence-electron chi connectivity index (χ1n) is 12.9. The van der Waals surface area contributed by atoms with Crippen LogP contribution in [0.15, 0.2) is 79.0 Å². The first-order chi connectivity index (χ1) is 19.0. The molecule has 198 valence electrons. The number of carbonyl (C=O) groups excluding carboxylic acids is 1. The standard InChI is InChI=1S/C30H29N5O3S/c1-19-16-23(20(2)35(19)22-11-12-25-26(17-22)38-18-37-25)29-28(24-10-6-7-14-31-24)33-30(39)34(29)15-13-27(36)32-21-8-4-3-5-9-21/h3-12,14,16-17,28-29H,13,15,18H2,1-2H3,(H,32,36)(H,33,39)/t28-,29+/m1/s1. The number of amides is 1. The molecule has 0 radical (unpaired) electrons. The van der Waals surface area contributed by atoms with Gasteiger partial charge < -0.3 is 29.6 Å². The van der Waals surface area contributed by atoms with E-state index in [0.717, 1.165) is 45.5 Å². The van der Waals surface area contributed by atoms with Gasteiger partial charge in [0.05, 0.1) is 17.8 Å². The number of hydrogen-bond acceptors (Lipinski definition) is 5. The fourth-order valence-electron chi connectivity index (χ4n) is 5.46. The van der Waals surface area contributed by atoms with Crippen LogP contribution >= 0.6 is 12.2 Å². The van der Waals surface area contributed by atoms with Crippen molar-refractivity contribution in [2.24, 2.45) is 0 Å². The number of para-hydroxylation sites is 1. The summed E-state index contributed by atoms with van der Waals surface area (Å²) < 4.78 is 13.4. The minimum Gasteiger partial charge on any atom is -0.454 e. The van der Waals surface area contributed by atoms with Crippen molar-refractivity contribution < 1.29 is 14.3 Å². The predicted octanol–water partition coefficient (Wildman–Crippen LogP) is 5.22. The minimum atomic E-state index is -0.165. The third-order valence-electron chi connectivity index (χ3n) is 7.24. The maximum absolute atomic E-state index is 12.8. The van der Waals surface area contributed by atoms with Gasteiger partial charge in [-0.05, 0) is 74.1 Å². The van der Waals surface area contributed by atoms with E-state index in [2.05, 4.69) is 45.0 Å². The Kier molecular flexibility index (Phi) is 6.66. The van der Waals surface area contributed by atoms with Gasteiger partial charge in [-0.2, -0.15) is 0 Å². The monoisotopic (exact) mass is 539 g/mol. The molecule has 2 N–H and O–H groups in total. The number of thiocarbonyl (C=S) groups is 1. The van der Waals surface area contributed by atoms with Crippen LogP contribution in [-0.2, 0) is 4.79 Å². The topological polar surface area (TPSA) is 80.7 Å². The van der Waals surface area contributed by atoms with Crippen LogP contribution in [0, 0.1) is 13.8 Å². The van der Waals surface area contributed by atoms with E-state index in [0.29, 0.717) is 18.1 Å². The Balaban J connectivity index is 1.33. The molecule has 0 saturated carbocycles. The smallest absolute Gasteiger partial charge is 0.231 e. The molecule has 1 amide bonds. The van der Waals surface area contributed by atoms with E-state index in [1.165, 1.54) is 0 Å². The highest BCUT2D eigenvalue weighted by Gasteiger charge is 2.41. The van der Waals surface area contributed by atoms with Gasteiger partial charge in [-0.3, -0.25) is 9.78 Å². The molecule has 39 heavy (non-hydrogen) atoms. The van der Waals surface area contributed by atoms with Gasteiger partial charge in [0.15, 0.2) is 16.6 Å². The molecule has 0 spiro atoms. The van der Waals surface area contributed by atoms with Crippen molar-refractivity contribution in [3.05, 3.63) is 102 Å². The molecular formula is C30H29N5O3S. The summed E-state index contributed by atoms with van der Waals surface area (Å²) in [5, 5.41) is 7.07. The summed E-state index contributed by atoms with van der Waals surface area (Å²) in [7, 11) is 0. The van der Waals surface area contributed by atoms with E-state index in [-0.39, 0.29) is 24.8 Å². The Morgan fingerprint density at radius 2 is 1.85 bits per heavy atom. The maximum atomic E-state index is 12.8. The SMILES string of the molecule is Cc1cc([C@H]2[C@@H](c3ccccn3)NC(=S)N2CCC(=O)Nc2ccccc2)c(C)n1-c1ccc2c(c1)OCO2. The van der Waals surface area contributed by atoms with E-state index in [1.807, 2.05) is 66.7 Å². The molecule has 0 unspecified atom stereocenters. The molecule has 2 atom stereocenters. The number of nitrogens with one attached hydrogen (secondary N) is 2. The molecular weight excluding hydrogens is 510 g/mol. The van der Waals surface area contributed by atoms with Crippen LogP contribution < -0.4 is 20.1 Å². The van der Waals surface area contributed by atoms with Gasteiger partial charge in [0, 0.05) is 48.0 Å². The molecule has 1 saturated heterocycles. The summed E-state index contributed by atoms with van der Waals surface area (Å²) >= 11 is 5.82. The van der Waals surface area contributed by atoms with Crippen LogP contribution in [0.4, 0.5) is 5.69 Å². The van der Waals surface area contributed by atoms with Crippen molar-refractivity contribution in [3.63, 3.8) is 0 Å². The van der Waals surface area contributed by atoms with Crippen LogP contribution in [0.25, 0.3) is 5.69 Å². The number of rotatable bonds is 7. The number of nitrogens with zero attached hydrogens (tertiary/aromatic N) is 3. The highest BCUT2D eigenvalue weighted by Crippen LogP contribution is 2.42. The maximum Gasteiger partial charge on any atom is 0.231 e. The predicted molar refractivity (Wildman–Crippen MR) is 153 cm³/mol. The van der Waals surface area contributed by atoms with Crippen LogP contribution in [-0.4, -0.2) is 38.8 Å². The van der Waals surface area contributed by atoms with Crippen molar-refractivity contribution in [2.75, 3.05) is 18.7 Å². The Hall–Kier alpha value is -4.37. The molecule has 0 aliphatic carbocycles. The lowest BCUT2D eigenvalue weighted by Crippen LogP contribution is -2.32. The van der Waals surface area contributed by atoms with Crippen molar-refractivity contribution in [1.82, 2.24) is 19.8 Å². The van der Waals surface area contributed by atoms with E-state index in [1.54, 1.807) is 6.20 Å². The summed E-state index contributed by atoms with van der Waals surface area (Å²) in [6.45, 7) is 4.91. The molecule has 2 aliphatic rings. The molecule has 9 heteroatoms. The van der Waals surface area contributed by atoms with Crippen molar-refractivity contribution in [1.29, 1.82) is 0 Å². The lowest BCUT2D eigenvalue weighted by atomic mass is 9.96. The first kappa shape index (κ1) is 24.9. The van der Waals surface area contributed by atoms with Crippen LogP contribution in [0.2, 0.25) is 0 Å². The molecule has 6 rings (SSSR count). The number of anilines is 1. The number of carbonyl (C=O) groups is 1. The lowest BCUT2D eigenvalue weighted by Gasteiger charge is -2.28. The number of pyridine rings is 1. The zero-order chi connectivity index (χ0) is 26.9. The zero-order valence-electron chi connectivity index (χ0n) is 21.8. The van der Waals surface area contributed by atoms with Crippen LogP contribution in [0.1, 0.15) is 41.1 Å². The second-order valence-corrected chi connectivity index (χ2v) is 10.1. The molecule has 2 aliphatic heterocycles. The van der Waals surface area contributed by atoms with Crippen LogP contribution in [0.5, 0.6) is 11.5 Å². The average molecular weight is 540 g/mol. The Labute approximate surface area is 232 Å². The number of aryl methyl sites for hydroxylation is 1. The largest absolute Gasteiger partial charge is 0.454 e. The Morgan fingerprint density at radius 1 is 1.05 bits per heavy atom. The van der Waals surface area contributed by atoms with Gasteiger partial charge in [-0.15, -0.1) is 0 Å². The Bertz CT molecular complexity index is 1520. The van der Waals surface area contributed by atoms with Gasteiger partial charge >= 0.3 is 0 Å². The van der Waals surface area contributed by atoms with Crippen molar-refractivity contribution >= 4 is 28.9 Å². The van der Waals surface area contributed by atoms with Gasteiger partial charge in [0.25, 0.3) is 0 Å². The zero-order valence-corrected chi connectivity index (χ0v) is 22.6. The molecule has 8 nitrogen and oxygen atoms in total. The van der Waals surface area contributed by atoms with E-state index < -0.39 is 0 Å². The number of aromatic nitrogens is 2. The molecule has 4 heterocycles. The van der Waals surface area contributed by atoms with E-state index >= 15 is 0 Å². The highest BCUT2D eigenvalue weighted by molar-refractivity contribution is 7.80. The molecule has 4 aromatic rings. The quantitative estimate of drug-likeness (QED) is 0.312. The fourth-order valence-corrected chi connectivity index (χ4v) is 5.79. The molecule has 2 aromatic carbocycles. The van der Waals surface area contributed by atoms with Gasteiger partial charge in [0.2, 0.25) is 12.7 Å². The first-order valence-corrected chi connectivity index (χ1v) is 13.3. The van der Waals surface area contributed by atoms with Crippen molar-refractivity contribution in [2.45, 2.75) is 32.4 Å². The Morgan fingerprint density at radius 3 is 2.64 bits per heavy atom. The fraction of sp³-hybridized carbons (Fsp3) is 0.233. The third kappa shape index (κ3) is 4.81. The number of ether oxygens (including phenoxy) is 2. The average Bonchev–Trinajstić information content (AvgIpc) is 3.63.